The number of fused-ring (bicyclic) bond motifs is 1. The molecule has 3 aliphatic rings. The molecule has 1 aromatic rings. The summed E-state index contributed by atoms with van der Waals surface area (Å²) >= 11 is 0. The number of hydrogen-bond acceptors (Lipinski definition) is 5. The van der Waals surface area contributed by atoms with Crippen LogP contribution in [0.1, 0.15) is 38.2 Å². The number of aliphatic imine (C=N–C) groups is 1. The van der Waals surface area contributed by atoms with Crippen LogP contribution in [0.25, 0.3) is 5.70 Å². The Bertz CT molecular complexity index is 676. The van der Waals surface area contributed by atoms with Gasteiger partial charge in [0.15, 0.2) is 0 Å². The Morgan fingerprint density at radius 2 is 2.08 bits per heavy atom. The summed E-state index contributed by atoms with van der Waals surface area (Å²) in [4.78, 5) is 12.6. The molecule has 0 spiro atoms. The zero-order valence-corrected chi connectivity index (χ0v) is 16.0. The summed E-state index contributed by atoms with van der Waals surface area (Å²) in [7, 11) is 2.24. The van der Waals surface area contributed by atoms with E-state index in [1.165, 1.54) is 45.3 Å². The number of aromatic nitrogens is 1. The molecule has 0 bridgehead atoms. The van der Waals surface area contributed by atoms with Gasteiger partial charge < -0.3 is 20.9 Å². The molecule has 26 heavy (non-hydrogen) atoms. The van der Waals surface area contributed by atoms with Crippen LogP contribution in [0.15, 0.2) is 23.0 Å². The molecule has 0 amide bonds. The molecule has 6 nitrogen and oxygen atoms in total. The van der Waals surface area contributed by atoms with Crippen molar-refractivity contribution in [1.82, 2.24) is 20.1 Å². The number of likely N-dealkylation sites (tertiary alicyclic amines) is 1. The Hall–Kier alpha value is -1.79. The van der Waals surface area contributed by atoms with Gasteiger partial charge in [-0.1, -0.05) is 6.92 Å². The predicted octanol–water partition coefficient (Wildman–Crippen LogP) is 2.35. The van der Waals surface area contributed by atoms with E-state index < -0.39 is 0 Å². The summed E-state index contributed by atoms with van der Waals surface area (Å²) in [6, 6.07) is 2.83. The highest BCUT2D eigenvalue weighted by Crippen LogP contribution is 2.36. The Morgan fingerprint density at radius 3 is 2.81 bits per heavy atom. The van der Waals surface area contributed by atoms with Gasteiger partial charge in [-0.25, -0.2) is 4.99 Å². The Labute approximate surface area is 156 Å². The topological polar surface area (TPSA) is 72.7 Å². The van der Waals surface area contributed by atoms with Crippen molar-refractivity contribution in [1.29, 1.82) is 0 Å². The molecule has 142 valence electrons. The molecule has 1 aliphatic carbocycles. The minimum absolute atomic E-state index is 0.485. The number of hydrogen-bond donors (Lipinski definition) is 3. The summed E-state index contributed by atoms with van der Waals surface area (Å²) in [5.74, 6) is 2.22. The van der Waals surface area contributed by atoms with Crippen LogP contribution in [-0.2, 0) is 0 Å². The first-order valence-electron chi connectivity index (χ1n) is 10.0. The van der Waals surface area contributed by atoms with Crippen molar-refractivity contribution < 1.29 is 0 Å². The van der Waals surface area contributed by atoms with E-state index in [1.54, 1.807) is 6.34 Å². The molecule has 1 saturated carbocycles. The molecule has 1 saturated heterocycles. The summed E-state index contributed by atoms with van der Waals surface area (Å²) in [6.07, 6.45) is 8.64. The number of nitrogens with zero attached hydrogens (tertiary/aromatic N) is 3. The Morgan fingerprint density at radius 1 is 1.31 bits per heavy atom. The van der Waals surface area contributed by atoms with Crippen LogP contribution in [-0.4, -0.2) is 60.4 Å². The fourth-order valence-electron chi connectivity index (χ4n) is 4.60. The van der Waals surface area contributed by atoms with Crippen molar-refractivity contribution in [2.24, 2.45) is 22.6 Å². The van der Waals surface area contributed by atoms with E-state index in [0.717, 1.165) is 41.3 Å². The average molecular weight is 357 g/mol. The van der Waals surface area contributed by atoms with E-state index in [0.29, 0.717) is 5.92 Å². The zero-order valence-electron chi connectivity index (χ0n) is 16.0. The fraction of sp³-hybridized carbons (Fsp3) is 0.650. The molecular formula is C20H32N6. The lowest BCUT2D eigenvalue weighted by molar-refractivity contribution is 0.0339. The molecule has 3 heterocycles. The fourth-order valence-corrected chi connectivity index (χ4v) is 4.60. The first-order valence-corrected chi connectivity index (χ1v) is 10.0. The third-order valence-electron chi connectivity index (χ3n) is 6.55. The molecule has 0 radical (unpaired) electrons. The number of likely N-dealkylation sites (N-methyl/N-ethyl adjacent to an activating group) is 1. The smallest absolute Gasteiger partial charge is 0.141 e. The highest BCUT2D eigenvalue weighted by atomic mass is 15.3. The van der Waals surface area contributed by atoms with Crippen molar-refractivity contribution in [3.63, 3.8) is 0 Å². The van der Waals surface area contributed by atoms with E-state index in [2.05, 4.69) is 45.1 Å². The van der Waals surface area contributed by atoms with Crippen molar-refractivity contribution in [2.45, 2.75) is 38.6 Å². The Kier molecular flexibility index (Phi) is 5.05. The molecule has 2 aliphatic heterocycles. The van der Waals surface area contributed by atoms with Crippen molar-refractivity contribution >= 4 is 17.9 Å². The van der Waals surface area contributed by atoms with Gasteiger partial charge in [0.05, 0.1) is 12.0 Å². The number of aromatic amines is 1. The maximum atomic E-state index is 6.57. The highest BCUT2D eigenvalue weighted by molar-refractivity contribution is 5.87. The quantitative estimate of drug-likeness (QED) is 0.757. The van der Waals surface area contributed by atoms with Crippen molar-refractivity contribution in [3.05, 3.63) is 23.5 Å². The van der Waals surface area contributed by atoms with E-state index in [-0.39, 0.29) is 0 Å². The van der Waals surface area contributed by atoms with Gasteiger partial charge in [-0.2, -0.15) is 0 Å². The Balaban J connectivity index is 1.29. The van der Waals surface area contributed by atoms with Crippen LogP contribution in [0.4, 0.5) is 5.82 Å². The maximum absolute atomic E-state index is 6.57. The van der Waals surface area contributed by atoms with E-state index in [1.807, 2.05) is 6.20 Å². The van der Waals surface area contributed by atoms with Gasteiger partial charge in [0.2, 0.25) is 0 Å². The molecule has 4 N–H and O–H groups in total. The van der Waals surface area contributed by atoms with Gasteiger partial charge in [0.1, 0.15) is 5.82 Å². The minimum atomic E-state index is 0.485. The van der Waals surface area contributed by atoms with Crippen LogP contribution >= 0.6 is 0 Å². The first-order chi connectivity index (χ1) is 12.7. The van der Waals surface area contributed by atoms with Gasteiger partial charge in [0, 0.05) is 49.1 Å². The lowest BCUT2D eigenvalue weighted by Gasteiger charge is -2.46. The third kappa shape index (κ3) is 3.40. The standard InChI is InChI=1S/C20H32N6/c1-3-25(2)16-11-26(12-16)10-14-4-6-15(7-5-14)18(21)19-17-8-9-22-20(17)24-13-23-19/h8-9,13-16,22H,3-7,10-12,21H2,1-2H3,(H,23,24)/b19-18-. The van der Waals surface area contributed by atoms with Gasteiger partial charge >= 0.3 is 0 Å². The van der Waals surface area contributed by atoms with Gasteiger partial charge in [0.25, 0.3) is 0 Å². The summed E-state index contributed by atoms with van der Waals surface area (Å²) in [6.45, 7) is 7.15. The van der Waals surface area contributed by atoms with Gasteiger partial charge in [-0.05, 0) is 51.3 Å². The van der Waals surface area contributed by atoms with E-state index >= 15 is 0 Å². The monoisotopic (exact) mass is 356 g/mol. The summed E-state index contributed by atoms with van der Waals surface area (Å²) in [5, 5.41) is 3.27. The lowest BCUT2D eigenvalue weighted by Crippen LogP contribution is -2.59. The van der Waals surface area contributed by atoms with Gasteiger partial charge in [-0.15, -0.1) is 0 Å². The molecule has 0 atom stereocenters. The number of nitrogens with one attached hydrogen (secondary N) is 2. The molecule has 0 unspecified atom stereocenters. The number of allylic oxidation sites excluding steroid dienone is 1. The molecule has 4 rings (SSSR count). The van der Waals surface area contributed by atoms with E-state index in [4.69, 9.17) is 5.73 Å². The molecule has 2 fully saturated rings. The van der Waals surface area contributed by atoms with Crippen LogP contribution in [0.3, 0.4) is 0 Å². The third-order valence-corrected chi connectivity index (χ3v) is 6.55. The molecular weight excluding hydrogens is 324 g/mol. The average Bonchev–Trinajstić information content (AvgIpc) is 3.12. The maximum Gasteiger partial charge on any atom is 0.141 e. The minimum Gasteiger partial charge on any atom is -0.400 e. The summed E-state index contributed by atoms with van der Waals surface area (Å²) < 4.78 is 0. The molecule has 1 aromatic heterocycles. The lowest BCUT2D eigenvalue weighted by atomic mass is 9.79. The second kappa shape index (κ2) is 7.45. The van der Waals surface area contributed by atoms with Crippen LogP contribution in [0, 0.1) is 11.8 Å². The molecule has 6 heteroatoms. The SMILES string of the molecule is CCN(C)C1CN(CC2CCC(/C(N)=C3/NC=Nc4[nH]ccc43)CC2)C1. The second-order valence-corrected chi connectivity index (χ2v) is 8.14. The van der Waals surface area contributed by atoms with Crippen molar-refractivity contribution in [2.75, 3.05) is 33.2 Å². The van der Waals surface area contributed by atoms with Gasteiger partial charge in [-0.3, -0.25) is 4.90 Å². The number of rotatable bonds is 5. The highest BCUT2D eigenvalue weighted by Gasteiger charge is 2.32. The second-order valence-electron chi connectivity index (χ2n) is 8.14. The molecule has 0 aromatic carbocycles. The van der Waals surface area contributed by atoms with Crippen LogP contribution < -0.4 is 11.1 Å². The van der Waals surface area contributed by atoms with Crippen LogP contribution in [0.2, 0.25) is 0 Å². The summed E-state index contributed by atoms with van der Waals surface area (Å²) in [5.41, 5.74) is 9.72. The van der Waals surface area contributed by atoms with E-state index in [9.17, 15) is 0 Å². The number of H-pyrrole nitrogens is 1. The number of nitrogens with two attached hydrogens (primary N) is 1. The zero-order chi connectivity index (χ0) is 18.1. The van der Waals surface area contributed by atoms with Crippen molar-refractivity contribution in [3.8, 4) is 0 Å². The predicted molar refractivity (Wildman–Crippen MR) is 107 cm³/mol. The normalized spacial score (nSPS) is 28.6. The first kappa shape index (κ1) is 17.6. The van der Waals surface area contributed by atoms with Crippen LogP contribution in [0.5, 0.6) is 0 Å². The largest absolute Gasteiger partial charge is 0.400 e.